The maximum atomic E-state index is 15.3. The van der Waals surface area contributed by atoms with Crippen molar-refractivity contribution in [3.8, 4) is 34.5 Å². The average Bonchev–Trinajstić information content (AvgIpc) is 3.37. The van der Waals surface area contributed by atoms with Crippen molar-refractivity contribution in [2.24, 2.45) is 0 Å². The first-order chi connectivity index (χ1) is 18.0. The van der Waals surface area contributed by atoms with Crippen molar-refractivity contribution in [3.63, 3.8) is 0 Å². The van der Waals surface area contributed by atoms with E-state index in [2.05, 4.69) is 26.6 Å². The molecule has 3 aromatic heterocycles. The molecule has 0 radical (unpaired) electrons. The van der Waals surface area contributed by atoms with Crippen molar-refractivity contribution in [1.29, 1.82) is 10.5 Å². The van der Waals surface area contributed by atoms with Crippen LogP contribution in [-0.2, 0) is 0 Å². The molecular weight excluding hydrogens is 471 g/mol. The van der Waals surface area contributed by atoms with Crippen LogP contribution < -0.4 is 10.4 Å². The van der Waals surface area contributed by atoms with Crippen molar-refractivity contribution >= 4 is 17.4 Å². The summed E-state index contributed by atoms with van der Waals surface area (Å²) in [5.41, 5.74) is 4.96. The number of nitriles is 2. The van der Waals surface area contributed by atoms with E-state index in [4.69, 9.17) is 0 Å². The van der Waals surface area contributed by atoms with Crippen LogP contribution in [0.15, 0.2) is 79.3 Å². The molecule has 1 amide bonds. The van der Waals surface area contributed by atoms with Crippen LogP contribution in [0.4, 0.5) is 10.2 Å². The van der Waals surface area contributed by atoms with Crippen LogP contribution in [0.5, 0.6) is 0 Å². The van der Waals surface area contributed by atoms with Gasteiger partial charge in [0.1, 0.15) is 17.2 Å². The monoisotopic (exact) mass is 488 g/mol. The minimum absolute atomic E-state index is 0.134. The summed E-state index contributed by atoms with van der Waals surface area (Å²) in [4.78, 5) is 21.8. The zero-order valence-corrected chi connectivity index (χ0v) is 19.4. The molecule has 0 aliphatic heterocycles. The fourth-order valence-corrected chi connectivity index (χ4v) is 3.96. The molecule has 5 rings (SSSR count). The molecule has 9 nitrogen and oxygen atoms in total. The summed E-state index contributed by atoms with van der Waals surface area (Å²) < 4.78 is 16.6. The Morgan fingerprint density at radius 3 is 2.51 bits per heavy atom. The fraction of sp³-hybridized carbons (Fsp3) is 0.0370. The van der Waals surface area contributed by atoms with E-state index < -0.39 is 11.7 Å². The Kier molecular flexibility index (Phi) is 5.98. The van der Waals surface area contributed by atoms with Crippen molar-refractivity contribution < 1.29 is 9.18 Å². The lowest BCUT2D eigenvalue weighted by molar-refractivity contribution is 0.0952. The normalized spacial score (nSPS) is 10.5. The Bertz CT molecular complexity index is 1730. The number of carbonyl (C=O) groups is 1. The van der Waals surface area contributed by atoms with E-state index in [0.29, 0.717) is 22.5 Å². The Labute approximate surface area is 210 Å². The highest BCUT2D eigenvalue weighted by molar-refractivity contribution is 6.01. The molecule has 10 heteroatoms. The molecule has 0 unspecified atom stereocenters. The molecule has 0 atom stereocenters. The predicted molar refractivity (Wildman–Crippen MR) is 133 cm³/mol. The zero-order chi connectivity index (χ0) is 25.9. The van der Waals surface area contributed by atoms with Crippen molar-refractivity contribution in [3.05, 3.63) is 102 Å². The number of hydrazine groups is 1. The first-order valence-electron chi connectivity index (χ1n) is 11.0. The van der Waals surface area contributed by atoms with Gasteiger partial charge in [-0.15, -0.1) is 0 Å². The first kappa shape index (κ1) is 23.1. The van der Waals surface area contributed by atoms with Gasteiger partial charge in [-0.1, -0.05) is 24.3 Å². The van der Waals surface area contributed by atoms with Crippen LogP contribution in [0.3, 0.4) is 0 Å². The number of carbonyl (C=O) groups excluding carboxylic acids is 1. The molecule has 178 valence electrons. The average molecular weight is 488 g/mol. The van der Waals surface area contributed by atoms with Gasteiger partial charge in [-0.2, -0.15) is 15.6 Å². The van der Waals surface area contributed by atoms with Crippen LogP contribution in [0.1, 0.15) is 21.5 Å². The maximum absolute atomic E-state index is 15.3. The zero-order valence-electron chi connectivity index (χ0n) is 19.4. The van der Waals surface area contributed by atoms with E-state index in [1.54, 1.807) is 55.7 Å². The summed E-state index contributed by atoms with van der Waals surface area (Å²) in [6.45, 7) is 0. The third kappa shape index (κ3) is 4.20. The number of amides is 1. The summed E-state index contributed by atoms with van der Waals surface area (Å²) in [6, 6.07) is 20.3. The molecule has 1 N–H and O–H groups in total. The number of anilines is 1. The highest BCUT2D eigenvalue weighted by atomic mass is 19.1. The van der Waals surface area contributed by atoms with Gasteiger partial charge in [0, 0.05) is 36.1 Å². The predicted octanol–water partition coefficient (Wildman–Crippen LogP) is 4.12. The van der Waals surface area contributed by atoms with E-state index in [9.17, 15) is 15.3 Å². The quantitative estimate of drug-likeness (QED) is 0.369. The largest absolute Gasteiger partial charge is 0.275 e. The van der Waals surface area contributed by atoms with Gasteiger partial charge in [-0.3, -0.25) is 15.2 Å². The van der Waals surface area contributed by atoms with Crippen LogP contribution >= 0.6 is 0 Å². The smallest absolute Gasteiger partial charge is 0.271 e. The van der Waals surface area contributed by atoms with Crippen molar-refractivity contribution in [2.45, 2.75) is 0 Å². The van der Waals surface area contributed by atoms with Gasteiger partial charge in [0.25, 0.3) is 5.91 Å². The number of rotatable bonds is 5. The molecule has 0 spiro atoms. The number of pyridine rings is 1. The second-order valence-corrected chi connectivity index (χ2v) is 7.97. The maximum Gasteiger partial charge on any atom is 0.275 e. The fourth-order valence-electron chi connectivity index (χ4n) is 3.96. The molecule has 0 aliphatic carbocycles. The minimum atomic E-state index is -0.654. The second-order valence-electron chi connectivity index (χ2n) is 7.97. The van der Waals surface area contributed by atoms with Gasteiger partial charge in [0.15, 0.2) is 5.65 Å². The van der Waals surface area contributed by atoms with Gasteiger partial charge in [-0.05, 0) is 36.4 Å². The Morgan fingerprint density at radius 1 is 0.973 bits per heavy atom. The van der Waals surface area contributed by atoms with Gasteiger partial charge in [0.2, 0.25) is 0 Å². The van der Waals surface area contributed by atoms with Crippen LogP contribution in [-0.4, -0.2) is 32.5 Å². The molecule has 3 heterocycles. The van der Waals surface area contributed by atoms with Crippen LogP contribution in [0.2, 0.25) is 0 Å². The number of nitrogens with one attached hydrogen (secondary N) is 1. The van der Waals surface area contributed by atoms with Crippen molar-refractivity contribution in [2.75, 3.05) is 12.1 Å². The topological polar surface area (TPSA) is 123 Å². The van der Waals surface area contributed by atoms with E-state index in [1.165, 1.54) is 34.1 Å². The van der Waals surface area contributed by atoms with Crippen LogP contribution in [0.25, 0.3) is 28.0 Å². The van der Waals surface area contributed by atoms with Crippen molar-refractivity contribution in [1.82, 2.24) is 25.0 Å². The lowest BCUT2D eigenvalue weighted by Gasteiger charge is -2.18. The summed E-state index contributed by atoms with van der Waals surface area (Å²) in [6.07, 6.45) is 4.43. The molecule has 0 aliphatic rings. The van der Waals surface area contributed by atoms with Gasteiger partial charge in [0.05, 0.1) is 35.2 Å². The van der Waals surface area contributed by atoms with Crippen LogP contribution in [0, 0.1) is 28.5 Å². The second kappa shape index (κ2) is 9.56. The molecule has 5 aromatic rings. The summed E-state index contributed by atoms with van der Waals surface area (Å²) in [7, 11) is 1.65. The molecule has 37 heavy (non-hydrogen) atoms. The number of hydrogen-bond acceptors (Lipinski definition) is 7. The van der Waals surface area contributed by atoms with Gasteiger partial charge < -0.3 is 0 Å². The molecular formula is C27H17FN8O. The van der Waals surface area contributed by atoms with E-state index in [0.717, 1.165) is 6.07 Å². The SMILES string of the molecule is CN(NC(=O)c1cnn2c(-c3ccc(C#N)cc3F)c(-c3ccccc3C#N)cnc12)c1ccccn1. The highest BCUT2D eigenvalue weighted by Crippen LogP contribution is 2.35. The van der Waals surface area contributed by atoms with E-state index >= 15 is 4.39 Å². The molecule has 2 aromatic carbocycles. The number of aromatic nitrogens is 4. The lowest BCUT2D eigenvalue weighted by Crippen LogP contribution is -2.39. The number of halogens is 1. The minimum Gasteiger partial charge on any atom is -0.271 e. The first-order valence-corrected chi connectivity index (χ1v) is 11.0. The molecule has 0 bridgehead atoms. The Hall–Kier alpha value is -5.61. The van der Waals surface area contributed by atoms with Gasteiger partial charge in [-0.25, -0.2) is 18.9 Å². The number of hydrogen-bond donors (Lipinski definition) is 1. The van der Waals surface area contributed by atoms with E-state index in [1.807, 2.05) is 6.07 Å². The summed E-state index contributed by atoms with van der Waals surface area (Å²) in [5, 5.41) is 24.7. The third-order valence-corrected chi connectivity index (χ3v) is 5.72. The number of nitrogens with zero attached hydrogens (tertiary/aromatic N) is 7. The number of benzene rings is 2. The van der Waals surface area contributed by atoms with E-state index in [-0.39, 0.29) is 28.0 Å². The van der Waals surface area contributed by atoms with Gasteiger partial charge >= 0.3 is 0 Å². The lowest BCUT2D eigenvalue weighted by atomic mass is 9.96. The molecule has 0 fully saturated rings. The Balaban J connectivity index is 1.68. The standard InChI is InChI=1S/C27H17FN8O/c1-35(24-8-4-5-11-31-24)34-27(37)22-16-33-36-25(20-10-9-17(13-29)12-23(20)28)21(15-32-26(22)36)19-7-3-2-6-18(19)14-30/h2-12,15-16H,1H3,(H,34,37). The molecule has 0 saturated heterocycles. The summed E-state index contributed by atoms with van der Waals surface area (Å²) >= 11 is 0. The number of fused-ring (bicyclic) bond motifs is 1. The Morgan fingerprint density at radius 2 is 1.78 bits per heavy atom. The summed E-state index contributed by atoms with van der Waals surface area (Å²) in [5.74, 6) is -0.623. The third-order valence-electron chi connectivity index (χ3n) is 5.72. The highest BCUT2D eigenvalue weighted by Gasteiger charge is 2.23. The molecule has 0 saturated carbocycles.